The Morgan fingerprint density at radius 2 is 2.20 bits per heavy atom. The van der Waals surface area contributed by atoms with Crippen LogP contribution in [0.2, 0.25) is 0 Å². The van der Waals surface area contributed by atoms with Gasteiger partial charge in [0, 0.05) is 34.5 Å². The molecule has 0 radical (unpaired) electrons. The molecule has 1 aliphatic rings. The van der Waals surface area contributed by atoms with Crippen LogP contribution in [0.4, 0.5) is 5.82 Å². The Hall–Kier alpha value is -3.76. The Morgan fingerprint density at radius 3 is 3.00 bits per heavy atom. The molecule has 1 amide bonds. The van der Waals surface area contributed by atoms with Gasteiger partial charge in [0.25, 0.3) is 0 Å². The summed E-state index contributed by atoms with van der Waals surface area (Å²) >= 11 is 1.43. The van der Waals surface area contributed by atoms with E-state index in [4.69, 9.17) is 15.6 Å². The number of amides is 1. The molecule has 1 fully saturated rings. The van der Waals surface area contributed by atoms with Gasteiger partial charge >= 0.3 is 0 Å². The lowest BCUT2D eigenvalue weighted by Gasteiger charge is -2.32. The number of hydrogen-bond acceptors (Lipinski definition) is 8. The van der Waals surface area contributed by atoms with E-state index in [1.165, 1.54) is 23.7 Å². The minimum Gasteiger partial charge on any atom is -0.496 e. The number of aliphatic hydroxyl groups excluding tert-OH is 1. The zero-order chi connectivity index (χ0) is 24.5. The summed E-state index contributed by atoms with van der Waals surface area (Å²) in [6.45, 7) is 4.82. The van der Waals surface area contributed by atoms with Crippen LogP contribution in [-0.4, -0.2) is 55.9 Å². The van der Waals surface area contributed by atoms with Gasteiger partial charge in [0.15, 0.2) is 5.65 Å². The third kappa shape index (κ3) is 4.15. The van der Waals surface area contributed by atoms with Crippen LogP contribution in [0.5, 0.6) is 5.75 Å². The van der Waals surface area contributed by atoms with Crippen LogP contribution >= 0.6 is 11.3 Å². The zero-order valence-electron chi connectivity index (χ0n) is 19.3. The molecule has 10 heteroatoms. The highest BCUT2D eigenvalue weighted by Gasteiger charge is 2.28. The van der Waals surface area contributed by atoms with Crippen LogP contribution in [0.3, 0.4) is 0 Å². The predicted molar refractivity (Wildman–Crippen MR) is 135 cm³/mol. The van der Waals surface area contributed by atoms with Crippen molar-refractivity contribution in [2.75, 3.05) is 25.9 Å². The van der Waals surface area contributed by atoms with Gasteiger partial charge < -0.3 is 20.5 Å². The number of methoxy groups -OCH3 is 1. The molecule has 1 saturated heterocycles. The number of anilines is 1. The third-order valence-corrected chi connectivity index (χ3v) is 7.33. The molecule has 9 nitrogen and oxygen atoms in total. The van der Waals surface area contributed by atoms with Crippen molar-refractivity contribution in [1.29, 1.82) is 0 Å². The van der Waals surface area contributed by atoms with Gasteiger partial charge in [-0.25, -0.2) is 14.6 Å². The number of piperidine rings is 1. The Labute approximate surface area is 206 Å². The van der Waals surface area contributed by atoms with Gasteiger partial charge in [-0.3, -0.25) is 4.79 Å². The fourth-order valence-corrected chi connectivity index (χ4v) is 5.50. The number of nitrogens with zero attached hydrogens (tertiary/aromatic N) is 5. The molecule has 1 aromatic carbocycles. The molecule has 2 unspecified atom stereocenters. The van der Waals surface area contributed by atoms with Gasteiger partial charge in [0.05, 0.1) is 18.5 Å². The number of nitrogens with two attached hydrogens (primary N) is 1. The highest BCUT2D eigenvalue weighted by Crippen LogP contribution is 2.39. The summed E-state index contributed by atoms with van der Waals surface area (Å²) in [6, 6.07) is 9.27. The largest absolute Gasteiger partial charge is 0.496 e. The van der Waals surface area contributed by atoms with E-state index < -0.39 is 6.10 Å². The van der Waals surface area contributed by atoms with E-state index in [1.807, 2.05) is 40.4 Å². The quantitative estimate of drug-likeness (QED) is 0.397. The fraction of sp³-hybridized carbons (Fsp3) is 0.280. The fourth-order valence-electron chi connectivity index (χ4n) is 4.60. The van der Waals surface area contributed by atoms with Crippen LogP contribution in [0, 0.1) is 0 Å². The van der Waals surface area contributed by atoms with Crippen LogP contribution < -0.4 is 10.5 Å². The van der Waals surface area contributed by atoms with Crippen molar-refractivity contribution in [3.05, 3.63) is 65.1 Å². The van der Waals surface area contributed by atoms with Crippen molar-refractivity contribution in [3.8, 4) is 17.0 Å². The molecule has 0 spiro atoms. The molecule has 4 aromatic rings. The van der Waals surface area contributed by atoms with Crippen LogP contribution in [0.25, 0.3) is 22.3 Å². The molecular formula is C25H26N6O3S. The summed E-state index contributed by atoms with van der Waals surface area (Å²) < 4.78 is 7.28. The molecule has 5 rings (SSSR count). The summed E-state index contributed by atoms with van der Waals surface area (Å²) in [6.07, 6.45) is 3.65. The minimum absolute atomic E-state index is 0.0459. The summed E-state index contributed by atoms with van der Waals surface area (Å²) in [4.78, 5) is 23.4. The molecule has 35 heavy (non-hydrogen) atoms. The van der Waals surface area contributed by atoms with Crippen molar-refractivity contribution < 1.29 is 14.6 Å². The first-order valence-electron chi connectivity index (χ1n) is 11.3. The lowest BCUT2D eigenvalue weighted by Crippen LogP contribution is -2.40. The second-order valence-electron chi connectivity index (χ2n) is 8.42. The number of aliphatic hydroxyl groups is 1. The second kappa shape index (κ2) is 9.47. The molecule has 3 N–H and O–H groups in total. The number of likely N-dealkylation sites (tertiary alicyclic amines) is 1. The Balaban J connectivity index is 1.54. The molecule has 0 bridgehead atoms. The molecule has 180 valence electrons. The van der Waals surface area contributed by atoms with Crippen LogP contribution in [0.15, 0.2) is 54.7 Å². The highest BCUT2D eigenvalue weighted by atomic mass is 32.1. The summed E-state index contributed by atoms with van der Waals surface area (Å²) in [5.41, 5.74) is 9.08. The molecule has 2 atom stereocenters. The average molecular weight is 491 g/mol. The maximum atomic E-state index is 12.2. The zero-order valence-corrected chi connectivity index (χ0v) is 20.1. The number of carbonyl (C=O) groups is 1. The number of para-hydroxylation sites is 1. The molecule has 3 aromatic heterocycles. The first kappa shape index (κ1) is 23.0. The van der Waals surface area contributed by atoms with Gasteiger partial charge in [-0.15, -0.1) is 11.3 Å². The Kier molecular flexibility index (Phi) is 6.23. The van der Waals surface area contributed by atoms with Crippen molar-refractivity contribution in [2.45, 2.75) is 25.0 Å². The van der Waals surface area contributed by atoms with E-state index in [0.717, 1.165) is 23.3 Å². The van der Waals surface area contributed by atoms with Gasteiger partial charge in [0.1, 0.15) is 29.7 Å². The first-order valence-corrected chi connectivity index (χ1v) is 12.2. The van der Waals surface area contributed by atoms with Gasteiger partial charge in [-0.05, 0) is 31.1 Å². The average Bonchev–Trinajstić information content (AvgIpc) is 3.54. The molecular weight excluding hydrogens is 464 g/mol. The SMILES string of the molecule is C=CC(=O)N1CCCC(n2nc(-c3csc(C(O)c4ccccc4OC)c3)c3c(N)ncnc32)C1. The summed E-state index contributed by atoms with van der Waals surface area (Å²) in [5.74, 6) is 0.871. The number of ether oxygens (including phenoxy) is 1. The van der Waals surface area contributed by atoms with Crippen molar-refractivity contribution >= 4 is 34.1 Å². The van der Waals surface area contributed by atoms with Crippen LogP contribution in [0.1, 0.15) is 35.4 Å². The molecule has 4 heterocycles. The smallest absolute Gasteiger partial charge is 0.246 e. The van der Waals surface area contributed by atoms with Gasteiger partial charge in [-0.1, -0.05) is 24.8 Å². The number of fused-ring (bicyclic) bond motifs is 1. The topological polar surface area (TPSA) is 119 Å². The predicted octanol–water partition coefficient (Wildman–Crippen LogP) is 3.58. The van der Waals surface area contributed by atoms with Crippen molar-refractivity contribution in [3.63, 3.8) is 0 Å². The number of hydrogen-bond donors (Lipinski definition) is 2. The molecule has 0 saturated carbocycles. The number of rotatable bonds is 6. The van der Waals surface area contributed by atoms with Gasteiger partial charge in [-0.2, -0.15) is 5.10 Å². The van der Waals surface area contributed by atoms with E-state index in [1.54, 1.807) is 12.0 Å². The monoisotopic (exact) mass is 490 g/mol. The van der Waals surface area contributed by atoms with Gasteiger partial charge in [0.2, 0.25) is 5.91 Å². The number of thiophene rings is 1. The Morgan fingerprint density at radius 1 is 1.37 bits per heavy atom. The number of benzene rings is 1. The van der Waals surface area contributed by atoms with Crippen LogP contribution in [-0.2, 0) is 4.79 Å². The number of nitrogen functional groups attached to an aromatic ring is 1. The maximum Gasteiger partial charge on any atom is 0.246 e. The van der Waals surface area contributed by atoms with E-state index in [0.29, 0.717) is 46.9 Å². The van der Waals surface area contributed by atoms with Crippen molar-refractivity contribution in [2.24, 2.45) is 0 Å². The summed E-state index contributed by atoms with van der Waals surface area (Å²) in [7, 11) is 1.59. The van der Waals surface area contributed by atoms with E-state index in [-0.39, 0.29) is 11.9 Å². The highest BCUT2D eigenvalue weighted by molar-refractivity contribution is 7.10. The first-order chi connectivity index (χ1) is 17.0. The van der Waals surface area contributed by atoms with E-state index in [2.05, 4.69) is 16.5 Å². The molecule has 1 aliphatic heterocycles. The Bertz CT molecular complexity index is 1400. The number of aromatic nitrogens is 4. The standard InChI is InChI=1S/C25H26N6O3S/c1-3-20(32)30-10-6-7-16(12-30)31-25-21(24(26)27-14-28-25)22(29-31)15-11-19(35-13-15)23(33)17-8-4-5-9-18(17)34-2/h3-5,8-9,11,13-14,16,23,33H,1,6-7,10,12H2,2H3,(H2,26,27,28). The van der Waals surface area contributed by atoms with E-state index >= 15 is 0 Å². The van der Waals surface area contributed by atoms with Crippen molar-refractivity contribution in [1.82, 2.24) is 24.6 Å². The summed E-state index contributed by atoms with van der Waals surface area (Å²) in [5, 5.41) is 18.6. The minimum atomic E-state index is -0.844. The number of carbonyl (C=O) groups excluding carboxylic acids is 1. The maximum absolute atomic E-state index is 12.2. The normalized spacial score (nSPS) is 16.9. The molecule has 0 aliphatic carbocycles. The third-order valence-electron chi connectivity index (χ3n) is 6.34. The lowest BCUT2D eigenvalue weighted by atomic mass is 10.1. The van der Waals surface area contributed by atoms with E-state index in [9.17, 15) is 9.90 Å². The lowest BCUT2D eigenvalue weighted by molar-refractivity contribution is -0.127. The second-order valence-corrected chi connectivity index (χ2v) is 9.36.